The van der Waals surface area contributed by atoms with E-state index in [0.29, 0.717) is 18.3 Å². The van der Waals surface area contributed by atoms with Gasteiger partial charge in [-0.05, 0) is 20.8 Å². The molecule has 0 aliphatic heterocycles. The number of hydrogen-bond donors (Lipinski definition) is 0. The highest BCUT2D eigenvalue weighted by atomic mass is 16.5. The van der Waals surface area contributed by atoms with E-state index in [-0.39, 0.29) is 0 Å². The molecule has 2 rings (SSSR count). The van der Waals surface area contributed by atoms with Crippen LogP contribution in [-0.2, 0) is 6.54 Å². The average molecular weight is 236 g/mol. The number of rotatable bonds is 3. The summed E-state index contributed by atoms with van der Waals surface area (Å²) in [6.07, 6.45) is 1.77. The van der Waals surface area contributed by atoms with Crippen LogP contribution in [0.15, 0.2) is 6.33 Å². The van der Waals surface area contributed by atoms with E-state index in [2.05, 4.69) is 21.9 Å². The van der Waals surface area contributed by atoms with Crippen molar-refractivity contribution in [2.24, 2.45) is 0 Å². The van der Waals surface area contributed by atoms with Gasteiger partial charge in [0, 0.05) is 6.54 Å². The van der Waals surface area contributed by atoms with Crippen LogP contribution >= 0.6 is 0 Å². The minimum absolute atomic E-state index is 0.576. The van der Waals surface area contributed by atoms with Crippen molar-refractivity contribution in [3.8, 4) is 5.88 Å². The van der Waals surface area contributed by atoms with Gasteiger partial charge in [-0.25, -0.2) is 9.97 Å². The third kappa shape index (κ3) is 2.72. The topological polar surface area (TPSA) is 52.8 Å². The standard InChI is InChI=1S/C10H14N4O.C2H6/c1-4-14-6-11-8-9(14)12-7(3)13-10(8)15-5-2;1-2/h6H,4-5H2,1-3H3;1-2H3. The summed E-state index contributed by atoms with van der Waals surface area (Å²) in [5, 5.41) is 0. The van der Waals surface area contributed by atoms with Gasteiger partial charge >= 0.3 is 0 Å². The Hall–Kier alpha value is -1.65. The van der Waals surface area contributed by atoms with E-state index in [4.69, 9.17) is 4.74 Å². The maximum absolute atomic E-state index is 5.43. The highest BCUT2D eigenvalue weighted by Gasteiger charge is 2.11. The molecule has 2 aromatic heterocycles. The Morgan fingerprint density at radius 3 is 2.53 bits per heavy atom. The smallest absolute Gasteiger partial charge is 0.245 e. The second-order valence-corrected chi connectivity index (χ2v) is 3.21. The predicted molar refractivity (Wildman–Crippen MR) is 68.3 cm³/mol. The van der Waals surface area contributed by atoms with Crippen LogP contribution < -0.4 is 4.74 Å². The molecule has 94 valence electrons. The highest BCUT2D eigenvalue weighted by molar-refractivity contribution is 5.76. The second kappa shape index (κ2) is 6.18. The molecule has 0 unspecified atom stereocenters. The molecule has 0 radical (unpaired) electrons. The molecule has 0 bridgehead atoms. The van der Waals surface area contributed by atoms with E-state index in [9.17, 15) is 0 Å². The first-order chi connectivity index (χ1) is 8.26. The van der Waals surface area contributed by atoms with Crippen LogP contribution in [0.2, 0.25) is 0 Å². The molecular formula is C12H20N4O. The third-order valence-electron chi connectivity index (χ3n) is 2.17. The van der Waals surface area contributed by atoms with Gasteiger partial charge in [-0.3, -0.25) is 0 Å². The van der Waals surface area contributed by atoms with Crippen molar-refractivity contribution < 1.29 is 4.74 Å². The summed E-state index contributed by atoms with van der Waals surface area (Å²) in [7, 11) is 0. The van der Waals surface area contributed by atoms with Crippen molar-refractivity contribution in [2.45, 2.75) is 41.2 Å². The Labute approximate surface area is 102 Å². The van der Waals surface area contributed by atoms with E-state index in [1.807, 2.05) is 32.3 Å². The molecule has 0 N–H and O–H groups in total. The molecule has 5 nitrogen and oxygen atoms in total. The molecule has 0 fully saturated rings. The lowest BCUT2D eigenvalue weighted by atomic mass is 10.5. The summed E-state index contributed by atoms with van der Waals surface area (Å²) in [6, 6.07) is 0. The summed E-state index contributed by atoms with van der Waals surface area (Å²) in [5.41, 5.74) is 1.58. The van der Waals surface area contributed by atoms with Gasteiger partial charge in [0.05, 0.1) is 12.9 Å². The minimum atomic E-state index is 0.576. The Morgan fingerprint density at radius 1 is 1.24 bits per heavy atom. The van der Waals surface area contributed by atoms with Crippen LogP contribution in [-0.4, -0.2) is 26.1 Å². The van der Waals surface area contributed by atoms with Crippen molar-refractivity contribution in [1.82, 2.24) is 19.5 Å². The largest absolute Gasteiger partial charge is 0.476 e. The number of ether oxygens (including phenoxy) is 1. The Kier molecular flexibility index (Phi) is 4.87. The van der Waals surface area contributed by atoms with Crippen molar-refractivity contribution in [2.75, 3.05) is 6.61 Å². The summed E-state index contributed by atoms with van der Waals surface area (Å²) in [6.45, 7) is 11.3. The zero-order valence-corrected chi connectivity index (χ0v) is 11.2. The number of imidazole rings is 1. The molecule has 0 atom stereocenters. The van der Waals surface area contributed by atoms with Crippen LogP contribution in [0.4, 0.5) is 0 Å². The quantitative estimate of drug-likeness (QED) is 0.822. The lowest BCUT2D eigenvalue weighted by Crippen LogP contribution is -2.01. The molecule has 0 spiro atoms. The molecule has 0 saturated carbocycles. The number of aromatic nitrogens is 4. The normalized spacial score (nSPS) is 9.94. The highest BCUT2D eigenvalue weighted by Crippen LogP contribution is 2.20. The molecule has 0 aliphatic rings. The van der Waals surface area contributed by atoms with Gasteiger partial charge in [-0.2, -0.15) is 4.98 Å². The Bertz CT molecular complexity index is 479. The summed E-state index contributed by atoms with van der Waals surface area (Å²) < 4.78 is 7.41. The van der Waals surface area contributed by atoms with Crippen molar-refractivity contribution in [1.29, 1.82) is 0 Å². The third-order valence-corrected chi connectivity index (χ3v) is 2.17. The summed E-state index contributed by atoms with van der Waals surface area (Å²) in [5.74, 6) is 1.29. The van der Waals surface area contributed by atoms with E-state index in [1.165, 1.54) is 0 Å². The molecule has 0 amide bonds. The first kappa shape index (κ1) is 13.4. The van der Waals surface area contributed by atoms with Crippen LogP contribution in [0.3, 0.4) is 0 Å². The van der Waals surface area contributed by atoms with Crippen molar-refractivity contribution in [3.05, 3.63) is 12.2 Å². The lowest BCUT2D eigenvalue weighted by Gasteiger charge is -2.04. The van der Waals surface area contributed by atoms with E-state index in [0.717, 1.165) is 17.7 Å². The fourth-order valence-corrected chi connectivity index (χ4v) is 1.49. The fourth-order valence-electron chi connectivity index (χ4n) is 1.49. The molecule has 0 aliphatic carbocycles. The molecule has 5 heteroatoms. The number of fused-ring (bicyclic) bond motifs is 1. The van der Waals surface area contributed by atoms with Gasteiger partial charge < -0.3 is 9.30 Å². The maximum Gasteiger partial charge on any atom is 0.245 e. The molecular weight excluding hydrogens is 216 g/mol. The molecule has 0 aromatic carbocycles. The van der Waals surface area contributed by atoms with E-state index in [1.54, 1.807) is 6.33 Å². The van der Waals surface area contributed by atoms with E-state index >= 15 is 0 Å². The SMILES string of the molecule is CC.CCOc1nc(C)nc2c1ncn2CC. The lowest BCUT2D eigenvalue weighted by molar-refractivity contribution is 0.329. The number of hydrogen-bond acceptors (Lipinski definition) is 4. The summed E-state index contributed by atoms with van der Waals surface area (Å²) >= 11 is 0. The molecule has 2 heterocycles. The number of aryl methyl sites for hydroxylation is 2. The van der Waals surface area contributed by atoms with Gasteiger partial charge in [-0.15, -0.1) is 0 Å². The second-order valence-electron chi connectivity index (χ2n) is 3.21. The zero-order chi connectivity index (χ0) is 12.8. The van der Waals surface area contributed by atoms with Gasteiger partial charge in [0.2, 0.25) is 5.88 Å². The summed E-state index contributed by atoms with van der Waals surface area (Å²) in [4.78, 5) is 12.9. The van der Waals surface area contributed by atoms with Crippen molar-refractivity contribution >= 4 is 11.2 Å². The van der Waals surface area contributed by atoms with E-state index < -0.39 is 0 Å². The van der Waals surface area contributed by atoms with Crippen LogP contribution in [0, 0.1) is 6.92 Å². The minimum Gasteiger partial charge on any atom is -0.476 e. The van der Waals surface area contributed by atoms with Crippen molar-refractivity contribution in [3.63, 3.8) is 0 Å². The molecule has 0 saturated heterocycles. The monoisotopic (exact) mass is 236 g/mol. The fraction of sp³-hybridized carbons (Fsp3) is 0.583. The first-order valence-electron chi connectivity index (χ1n) is 6.08. The molecule has 2 aromatic rings. The predicted octanol–water partition coefficient (Wildman–Crippen LogP) is 2.58. The van der Waals surface area contributed by atoms with Crippen LogP contribution in [0.5, 0.6) is 5.88 Å². The van der Waals surface area contributed by atoms with Gasteiger partial charge in [0.1, 0.15) is 5.82 Å². The molecule has 17 heavy (non-hydrogen) atoms. The van der Waals surface area contributed by atoms with Gasteiger partial charge in [-0.1, -0.05) is 13.8 Å². The Morgan fingerprint density at radius 2 is 1.94 bits per heavy atom. The number of nitrogens with zero attached hydrogens (tertiary/aromatic N) is 4. The zero-order valence-electron chi connectivity index (χ0n) is 11.2. The van der Waals surface area contributed by atoms with Crippen LogP contribution in [0.1, 0.15) is 33.5 Å². The van der Waals surface area contributed by atoms with Gasteiger partial charge in [0.15, 0.2) is 11.2 Å². The Balaban J connectivity index is 0.000000686. The maximum atomic E-state index is 5.43. The van der Waals surface area contributed by atoms with Gasteiger partial charge in [0.25, 0.3) is 0 Å². The average Bonchev–Trinajstić information content (AvgIpc) is 2.75. The van der Waals surface area contributed by atoms with Crippen LogP contribution in [0.25, 0.3) is 11.2 Å². The first-order valence-corrected chi connectivity index (χ1v) is 6.08.